The molecule has 1 heterocycles. The lowest BCUT2D eigenvalue weighted by atomic mass is 9.91. The number of methoxy groups -OCH3 is 1. The number of amides is 1. The molecule has 1 fully saturated rings. The number of carbonyl (C=O) groups is 1. The van der Waals surface area contributed by atoms with E-state index in [1.165, 1.54) is 0 Å². The van der Waals surface area contributed by atoms with E-state index in [9.17, 15) is 4.79 Å². The lowest BCUT2D eigenvalue weighted by Gasteiger charge is -2.31. The highest BCUT2D eigenvalue weighted by atomic mass is 16.6. The molecule has 0 spiro atoms. The number of carbonyl (C=O) groups excluding carboxylic acids is 1. The Morgan fingerprint density at radius 3 is 2.42 bits per heavy atom. The minimum atomic E-state index is -0.474. The summed E-state index contributed by atoms with van der Waals surface area (Å²) in [4.78, 5) is 16.2. The predicted molar refractivity (Wildman–Crippen MR) is 94.2 cm³/mol. The molecule has 1 aromatic rings. The van der Waals surface area contributed by atoms with Crippen molar-refractivity contribution in [2.75, 3.05) is 18.2 Å². The first kappa shape index (κ1) is 18.2. The van der Waals surface area contributed by atoms with Gasteiger partial charge in [0.15, 0.2) is 5.82 Å². The first-order chi connectivity index (χ1) is 11.3. The molecular formula is C17H28N4O3. The Kier molecular flexibility index (Phi) is 5.75. The number of nitrogens with zero attached hydrogens (tertiary/aromatic N) is 1. The average molecular weight is 336 g/mol. The SMILES string of the molecule is COc1ccc(N)c(NC2CCC(NC(=O)OC(C)(C)C)CC2)n1. The second-order valence-electron chi connectivity index (χ2n) is 7.13. The van der Waals surface area contributed by atoms with E-state index in [0.717, 1.165) is 25.7 Å². The van der Waals surface area contributed by atoms with Crippen molar-refractivity contribution in [1.82, 2.24) is 10.3 Å². The van der Waals surface area contributed by atoms with Crippen LogP contribution in [-0.2, 0) is 4.74 Å². The molecule has 2 rings (SSSR count). The summed E-state index contributed by atoms with van der Waals surface area (Å²) in [5.74, 6) is 1.19. The van der Waals surface area contributed by atoms with Crippen molar-refractivity contribution >= 4 is 17.6 Å². The van der Waals surface area contributed by atoms with Crippen LogP contribution in [0.4, 0.5) is 16.3 Å². The summed E-state index contributed by atoms with van der Waals surface area (Å²) < 4.78 is 10.4. The highest BCUT2D eigenvalue weighted by molar-refractivity contribution is 5.68. The smallest absolute Gasteiger partial charge is 0.407 e. The van der Waals surface area contributed by atoms with Gasteiger partial charge < -0.3 is 25.8 Å². The summed E-state index contributed by atoms with van der Waals surface area (Å²) in [6, 6.07) is 3.95. The van der Waals surface area contributed by atoms with E-state index in [1.54, 1.807) is 19.2 Å². The number of hydrogen-bond donors (Lipinski definition) is 3. The monoisotopic (exact) mass is 336 g/mol. The third kappa shape index (κ3) is 5.47. The summed E-state index contributed by atoms with van der Waals surface area (Å²) >= 11 is 0. The van der Waals surface area contributed by atoms with Crippen molar-refractivity contribution in [2.45, 2.75) is 64.1 Å². The van der Waals surface area contributed by atoms with Crippen LogP contribution in [0.3, 0.4) is 0 Å². The van der Waals surface area contributed by atoms with Crippen molar-refractivity contribution in [3.63, 3.8) is 0 Å². The molecule has 0 radical (unpaired) electrons. The van der Waals surface area contributed by atoms with Crippen LogP contribution in [0.25, 0.3) is 0 Å². The zero-order valence-corrected chi connectivity index (χ0v) is 14.9. The molecular weight excluding hydrogens is 308 g/mol. The molecule has 0 unspecified atom stereocenters. The molecule has 7 heteroatoms. The molecule has 1 amide bonds. The van der Waals surface area contributed by atoms with E-state index < -0.39 is 5.60 Å². The van der Waals surface area contributed by atoms with Gasteiger partial charge in [0.2, 0.25) is 5.88 Å². The first-order valence-corrected chi connectivity index (χ1v) is 8.33. The number of nitrogens with two attached hydrogens (primary N) is 1. The molecule has 1 aliphatic rings. The van der Waals surface area contributed by atoms with Gasteiger partial charge in [0.25, 0.3) is 0 Å². The van der Waals surface area contributed by atoms with Crippen LogP contribution in [0.2, 0.25) is 0 Å². The van der Waals surface area contributed by atoms with Gasteiger partial charge in [0.05, 0.1) is 12.8 Å². The standard InChI is InChI=1S/C17H28N4O3/c1-17(2,3)24-16(22)20-12-7-5-11(6-8-12)19-15-13(18)9-10-14(21-15)23-4/h9-12H,5-8,18H2,1-4H3,(H,19,21)(H,20,22). The van der Waals surface area contributed by atoms with Crippen molar-refractivity contribution < 1.29 is 14.3 Å². The lowest BCUT2D eigenvalue weighted by Crippen LogP contribution is -2.42. The van der Waals surface area contributed by atoms with Crippen LogP contribution in [0, 0.1) is 0 Å². The number of hydrogen-bond acceptors (Lipinski definition) is 6. The van der Waals surface area contributed by atoms with Crippen LogP contribution in [0.15, 0.2) is 12.1 Å². The highest BCUT2D eigenvalue weighted by Crippen LogP contribution is 2.26. The molecule has 24 heavy (non-hydrogen) atoms. The van der Waals surface area contributed by atoms with Gasteiger partial charge in [0, 0.05) is 18.2 Å². The summed E-state index contributed by atoms with van der Waals surface area (Å²) in [5.41, 5.74) is 6.09. The fourth-order valence-electron chi connectivity index (χ4n) is 2.73. The van der Waals surface area contributed by atoms with Crippen LogP contribution < -0.4 is 21.1 Å². The predicted octanol–water partition coefficient (Wildman–Crippen LogP) is 2.92. The van der Waals surface area contributed by atoms with Crippen LogP contribution in [0.5, 0.6) is 5.88 Å². The third-order valence-corrected chi connectivity index (χ3v) is 3.90. The van der Waals surface area contributed by atoms with Crippen molar-refractivity contribution in [3.8, 4) is 5.88 Å². The largest absolute Gasteiger partial charge is 0.481 e. The average Bonchev–Trinajstić information content (AvgIpc) is 2.49. The number of rotatable bonds is 4. The van der Waals surface area contributed by atoms with Gasteiger partial charge in [0.1, 0.15) is 5.60 Å². The fourth-order valence-corrected chi connectivity index (χ4v) is 2.73. The van der Waals surface area contributed by atoms with Gasteiger partial charge in [-0.2, -0.15) is 4.98 Å². The summed E-state index contributed by atoms with van der Waals surface area (Å²) in [5, 5.41) is 6.32. The molecule has 7 nitrogen and oxygen atoms in total. The second kappa shape index (κ2) is 7.59. The van der Waals surface area contributed by atoms with E-state index in [4.69, 9.17) is 15.2 Å². The maximum atomic E-state index is 11.8. The zero-order valence-electron chi connectivity index (χ0n) is 14.9. The summed E-state index contributed by atoms with van der Waals surface area (Å²) in [6.45, 7) is 5.58. The summed E-state index contributed by atoms with van der Waals surface area (Å²) in [6.07, 6.45) is 3.29. The third-order valence-electron chi connectivity index (χ3n) is 3.90. The van der Waals surface area contributed by atoms with E-state index in [-0.39, 0.29) is 18.2 Å². The number of nitrogen functional groups attached to an aromatic ring is 1. The van der Waals surface area contributed by atoms with E-state index >= 15 is 0 Å². The fraction of sp³-hybridized carbons (Fsp3) is 0.647. The molecule has 1 saturated carbocycles. The molecule has 0 bridgehead atoms. The minimum absolute atomic E-state index is 0.147. The van der Waals surface area contributed by atoms with Crippen molar-refractivity contribution in [1.29, 1.82) is 0 Å². The van der Waals surface area contributed by atoms with Crippen LogP contribution >= 0.6 is 0 Å². The maximum Gasteiger partial charge on any atom is 0.407 e. The summed E-state index contributed by atoms with van der Waals surface area (Å²) in [7, 11) is 1.58. The number of nitrogens with one attached hydrogen (secondary N) is 2. The quantitative estimate of drug-likeness (QED) is 0.782. The normalized spacial score (nSPS) is 21.0. The van der Waals surface area contributed by atoms with Gasteiger partial charge in [-0.1, -0.05) is 0 Å². The molecule has 0 atom stereocenters. The van der Waals surface area contributed by atoms with Gasteiger partial charge in [-0.15, -0.1) is 0 Å². The van der Waals surface area contributed by atoms with Crippen molar-refractivity contribution in [3.05, 3.63) is 12.1 Å². The zero-order chi connectivity index (χ0) is 17.7. The van der Waals surface area contributed by atoms with E-state index in [1.807, 2.05) is 20.8 Å². The second-order valence-corrected chi connectivity index (χ2v) is 7.13. The Morgan fingerprint density at radius 1 is 1.21 bits per heavy atom. The molecule has 4 N–H and O–H groups in total. The van der Waals surface area contributed by atoms with E-state index in [0.29, 0.717) is 17.4 Å². The van der Waals surface area contributed by atoms with Crippen LogP contribution in [0.1, 0.15) is 46.5 Å². The van der Waals surface area contributed by atoms with E-state index in [2.05, 4.69) is 15.6 Å². The van der Waals surface area contributed by atoms with Gasteiger partial charge in [-0.3, -0.25) is 0 Å². The van der Waals surface area contributed by atoms with Gasteiger partial charge in [-0.05, 0) is 52.5 Å². The molecule has 1 aliphatic carbocycles. The number of alkyl carbamates (subject to hydrolysis) is 1. The number of aromatic nitrogens is 1. The molecule has 1 aromatic heterocycles. The Hall–Kier alpha value is -2.18. The number of pyridine rings is 1. The lowest BCUT2D eigenvalue weighted by molar-refractivity contribution is 0.0492. The highest BCUT2D eigenvalue weighted by Gasteiger charge is 2.25. The minimum Gasteiger partial charge on any atom is -0.481 e. The number of anilines is 2. The topological polar surface area (TPSA) is 98.5 Å². The van der Waals surface area contributed by atoms with Gasteiger partial charge >= 0.3 is 6.09 Å². The first-order valence-electron chi connectivity index (χ1n) is 8.33. The molecule has 134 valence electrons. The van der Waals surface area contributed by atoms with Gasteiger partial charge in [-0.25, -0.2) is 4.79 Å². The maximum absolute atomic E-state index is 11.8. The van der Waals surface area contributed by atoms with Crippen molar-refractivity contribution in [2.24, 2.45) is 0 Å². The molecule has 0 aliphatic heterocycles. The Balaban J connectivity index is 1.82. The Labute approximate surface area is 143 Å². The molecule has 0 saturated heterocycles. The Bertz CT molecular complexity index is 563. The van der Waals surface area contributed by atoms with Crippen LogP contribution in [-0.4, -0.2) is 35.9 Å². The Morgan fingerprint density at radius 2 is 1.83 bits per heavy atom. The number of ether oxygens (including phenoxy) is 2. The molecule has 0 aromatic carbocycles.